The van der Waals surface area contributed by atoms with Crippen molar-refractivity contribution in [2.45, 2.75) is 32.6 Å². The van der Waals surface area contributed by atoms with Crippen LogP contribution >= 0.6 is 0 Å². The Kier molecular flexibility index (Phi) is 6.72. The zero-order chi connectivity index (χ0) is 15.8. The number of carbonyl (C=O) groups excluding carboxylic acids is 1. The first-order valence-electron chi connectivity index (χ1n) is 8.19. The molecule has 1 unspecified atom stereocenters. The van der Waals surface area contributed by atoms with Gasteiger partial charge in [0.2, 0.25) is 0 Å². The van der Waals surface area contributed by atoms with E-state index in [0.29, 0.717) is 12.3 Å². The number of benzene rings is 1. The van der Waals surface area contributed by atoms with Gasteiger partial charge < -0.3 is 14.8 Å². The molecule has 4 heteroatoms. The number of esters is 1. The predicted molar refractivity (Wildman–Crippen MR) is 87.0 cm³/mol. The van der Waals surface area contributed by atoms with Crippen molar-refractivity contribution in [2.75, 3.05) is 26.8 Å². The maximum Gasteiger partial charge on any atom is 0.308 e. The van der Waals surface area contributed by atoms with Gasteiger partial charge in [0.05, 0.1) is 19.6 Å². The van der Waals surface area contributed by atoms with Crippen LogP contribution < -0.4 is 10.1 Å². The molecule has 2 aliphatic rings. The van der Waals surface area contributed by atoms with Gasteiger partial charge in [-0.2, -0.15) is 0 Å². The van der Waals surface area contributed by atoms with E-state index in [4.69, 9.17) is 9.47 Å². The van der Waals surface area contributed by atoms with Crippen molar-refractivity contribution in [3.05, 3.63) is 29.8 Å². The highest BCUT2D eigenvalue weighted by atomic mass is 16.5. The fraction of sp³-hybridized carbons (Fsp3) is 0.611. The van der Waals surface area contributed by atoms with Gasteiger partial charge in [-0.15, -0.1) is 0 Å². The Morgan fingerprint density at radius 2 is 2.05 bits per heavy atom. The maximum atomic E-state index is 11.4. The lowest BCUT2D eigenvalue weighted by atomic mass is 10.0. The fourth-order valence-electron chi connectivity index (χ4n) is 2.08. The van der Waals surface area contributed by atoms with Crippen LogP contribution in [0.15, 0.2) is 24.3 Å². The highest BCUT2D eigenvalue weighted by Gasteiger charge is 2.17. The van der Waals surface area contributed by atoms with Crippen molar-refractivity contribution in [2.24, 2.45) is 11.8 Å². The number of hydrogen-bond acceptors (Lipinski definition) is 4. The molecule has 1 saturated carbocycles. The number of carbonyl (C=O) groups is 1. The summed E-state index contributed by atoms with van der Waals surface area (Å²) in [4.78, 5) is 11.4. The van der Waals surface area contributed by atoms with Crippen molar-refractivity contribution >= 4 is 5.97 Å². The van der Waals surface area contributed by atoms with Crippen LogP contribution in [0.5, 0.6) is 5.75 Å². The van der Waals surface area contributed by atoms with E-state index in [-0.39, 0.29) is 11.9 Å². The van der Waals surface area contributed by atoms with Crippen LogP contribution in [0.4, 0.5) is 0 Å². The van der Waals surface area contributed by atoms with Gasteiger partial charge in [0.25, 0.3) is 0 Å². The standard InChI is InChI=1S/C15H21NO3.C3H6/c1-11(15(17)18-2)6-12-4-3-5-14(7-12)19-10-13-8-16-9-13;1-2-3-1/h3-5,7,11,13,16H,6,8-10H2,1-2H3;1-3H2. The first-order valence-corrected chi connectivity index (χ1v) is 8.19. The van der Waals surface area contributed by atoms with Crippen molar-refractivity contribution in [3.63, 3.8) is 0 Å². The zero-order valence-electron chi connectivity index (χ0n) is 13.6. The first kappa shape index (κ1) is 16.8. The Bertz CT molecular complexity index is 466. The summed E-state index contributed by atoms with van der Waals surface area (Å²) in [5, 5.41) is 3.22. The molecule has 1 aliphatic heterocycles. The van der Waals surface area contributed by atoms with Crippen LogP contribution in [0.1, 0.15) is 31.7 Å². The van der Waals surface area contributed by atoms with E-state index >= 15 is 0 Å². The van der Waals surface area contributed by atoms with Gasteiger partial charge in [-0.05, 0) is 24.1 Å². The molecule has 1 N–H and O–H groups in total. The second-order valence-electron chi connectivity index (χ2n) is 6.17. The lowest BCUT2D eigenvalue weighted by molar-refractivity contribution is -0.144. The Morgan fingerprint density at radius 3 is 2.59 bits per heavy atom. The summed E-state index contributed by atoms with van der Waals surface area (Å²) in [6.07, 6.45) is 5.18. The molecule has 2 fully saturated rings. The van der Waals surface area contributed by atoms with Crippen LogP contribution in [0, 0.1) is 11.8 Å². The number of rotatable bonds is 6. The van der Waals surface area contributed by atoms with E-state index in [1.807, 2.05) is 31.2 Å². The molecule has 0 bridgehead atoms. The Morgan fingerprint density at radius 1 is 1.32 bits per heavy atom. The van der Waals surface area contributed by atoms with Crippen LogP contribution in [0.2, 0.25) is 0 Å². The van der Waals surface area contributed by atoms with Gasteiger partial charge in [-0.3, -0.25) is 4.79 Å². The highest BCUT2D eigenvalue weighted by molar-refractivity contribution is 5.72. The van der Waals surface area contributed by atoms with E-state index in [1.54, 1.807) is 0 Å². The third-order valence-corrected chi connectivity index (χ3v) is 3.75. The molecule has 0 aromatic heterocycles. The SMILES string of the molecule is C1CC1.COC(=O)C(C)Cc1cccc(OCC2CNC2)c1. The Balaban J connectivity index is 0.000000523. The van der Waals surface area contributed by atoms with E-state index in [0.717, 1.165) is 31.0 Å². The van der Waals surface area contributed by atoms with Gasteiger partial charge in [0, 0.05) is 19.0 Å². The number of hydrogen-bond donors (Lipinski definition) is 1. The average molecular weight is 305 g/mol. The number of methoxy groups -OCH3 is 1. The summed E-state index contributed by atoms with van der Waals surface area (Å²) >= 11 is 0. The molecule has 0 amide bonds. The predicted octanol–water partition coefficient (Wildman–Crippen LogP) is 2.81. The zero-order valence-corrected chi connectivity index (χ0v) is 13.6. The summed E-state index contributed by atoms with van der Waals surface area (Å²) in [5.41, 5.74) is 1.10. The molecule has 0 radical (unpaired) electrons. The van der Waals surface area contributed by atoms with Crippen LogP contribution in [0.25, 0.3) is 0 Å². The molecule has 4 nitrogen and oxygen atoms in total. The Hall–Kier alpha value is -1.55. The van der Waals surface area contributed by atoms with E-state index in [1.165, 1.54) is 26.4 Å². The second kappa shape index (κ2) is 8.79. The molecule has 1 aromatic carbocycles. The topological polar surface area (TPSA) is 47.6 Å². The van der Waals surface area contributed by atoms with Gasteiger partial charge in [-0.25, -0.2) is 0 Å². The quantitative estimate of drug-likeness (QED) is 0.821. The van der Waals surface area contributed by atoms with Crippen LogP contribution in [-0.4, -0.2) is 32.8 Å². The molecule has 1 aromatic rings. The largest absolute Gasteiger partial charge is 0.493 e. The minimum atomic E-state index is -0.174. The third-order valence-electron chi connectivity index (χ3n) is 3.75. The fourth-order valence-corrected chi connectivity index (χ4v) is 2.08. The number of nitrogens with one attached hydrogen (secondary N) is 1. The molecular formula is C18H27NO3. The third kappa shape index (κ3) is 6.06. The summed E-state index contributed by atoms with van der Waals surface area (Å²) in [6.45, 7) is 4.71. The minimum absolute atomic E-state index is 0.129. The number of ether oxygens (including phenoxy) is 2. The first-order chi connectivity index (χ1) is 10.7. The molecule has 1 aliphatic carbocycles. The maximum absolute atomic E-state index is 11.4. The van der Waals surface area contributed by atoms with Crippen molar-refractivity contribution in [1.29, 1.82) is 0 Å². The van der Waals surface area contributed by atoms with Crippen LogP contribution in [-0.2, 0) is 16.0 Å². The second-order valence-corrected chi connectivity index (χ2v) is 6.17. The van der Waals surface area contributed by atoms with Gasteiger partial charge in [0.1, 0.15) is 5.75 Å². The van der Waals surface area contributed by atoms with Crippen molar-refractivity contribution in [1.82, 2.24) is 5.32 Å². The molecule has 3 rings (SSSR count). The highest BCUT2D eigenvalue weighted by Crippen LogP contribution is 2.18. The lowest BCUT2D eigenvalue weighted by Gasteiger charge is -2.26. The van der Waals surface area contributed by atoms with E-state index in [9.17, 15) is 4.79 Å². The summed E-state index contributed by atoms with van der Waals surface area (Å²) < 4.78 is 10.5. The van der Waals surface area contributed by atoms with Crippen molar-refractivity contribution in [3.8, 4) is 5.75 Å². The molecular weight excluding hydrogens is 278 g/mol. The average Bonchev–Trinajstić information content (AvgIpc) is 3.33. The van der Waals surface area contributed by atoms with Gasteiger partial charge in [-0.1, -0.05) is 38.3 Å². The lowest BCUT2D eigenvalue weighted by Crippen LogP contribution is -2.45. The molecule has 22 heavy (non-hydrogen) atoms. The van der Waals surface area contributed by atoms with Gasteiger partial charge >= 0.3 is 5.97 Å². The monoisotopic (exact) mass is 305 g/mol. The summed E-state index contributed by atoms with van der Waals surface area (Å²) in [7, 11) is 1.42. The Labute approximate surface area is 133 Å². The van der Waals surface area contributed by atoms with Crippen molar-refractivity contribution < 1.29 is 14.3 Å². The van der Waals surface area contributed by atoms with Crippen LogP contribution in [0.3, 0.4) is 0 Å². The minimum Gasteiger partial charge on any atom is -0.493 e. The van der Waals surface area contributed by atoms with E-state index < -0.39 is 0 Å². The van der Waals surface area contributed by atoms with Gasteiger partial charge in [0.15, 0.2) is 0 Å². The summed E-state index contributed by atoms with van der Waals surface area (Å²) in [5.74, 6) is 1.20. The molecule has 0 spiro atoms. The van der Waals surface area contributed by atoms with E-state index in [2.05, 4.69) is 5.32 Å². The summed E-state index contributed by atoms with van der Waals surface area (Å²) in [6, 6.07) is 7.94. The smallest absolute Gasteiger partial charge is 0.308 e. The normalized spacial score (nSPS) is 17.5. The molecule has 1 atom stereocenters. The molecule has 122 valence electrons. The molecule has 1 saturated heterocycles. The molecule has 1 heterocycles.